The molecule has 0 bridgehead atoms. The third-order valence-corrected chi connectivity index (χ3v) is 6.50. The molecule has 3 rings (SSSR count). The molecule has 1 atom stereocenters. The van der Waals surface area contributed by atoms with Crippen molar-refractivity contribution in [3.63, 3.8) is 0 Å². The molecule has 1 aliphatic heterocycles. The maximum Gasteiger partial charge on any atom is 0.230 e. The second kappa shape index (κ2) is 6.44. The molecular formula is C17H23FN2O3S. The van der Waals surface area contributed by atoms with Gasteiger partial charge in [0.05, 0.1) is 11.7 Å². The highest BCUT2D eigenvalue weighted by molar-refractivity contribution is 7.88. The SMILES string of the molecule is CS(=O)(=O)N1CCC[C@H](NC(=O)C2(c3ccc(F)cc3)CCC2)C1. The van der Waals surface area contributed by atoms with E-state index in [4.69, 9.17) is 0 Å². The molecule has 1 saturated carbocycles. The number of hydrogen-bond donors (Lipinski definition) is 1. The van der Waals surface area contributed by atoms with E-state index in [2.05, 4.69) is 5.32 Å². The summed E-state index contributed by atoms with van der Waals surface area (Å²) in [7, 11) is -3.24. The third kappa shape index (κ3) is 3.32. The van der Waals surface area contributed by atoms with Crippen molar-refractivity contribution < 1.29 is 17.6 Å². The van der Waals surface area contributed by atoms with E-state index in [-0.39, 0.29) is 17.8 Å². The molecule has 7 heteroatoms. The molecule has 0 spiro atoms. The maximum atomic E-state index is 13.2. The summed E-state index contributed by atoms with van der Waals surface area (Å²) < 4.78 is 38.0. The van der Waals surface area contributed by atoms with Gasteiger partial charge in [-0.25, -0.2) is 17.1 Å². The highest BCUT2D eigenvalue weighted by Crippen LogP contribution is 2.44. The van der Waals surface area contributed by atoms with Crippen LogP contribution in [-0.4, -0.2) is 44.0 Å². The van der Waals surface area contributed by atoms with Gasteiger partial charge in [-0.15, -0.1) is 0 Å². The zero-order valence-corrected chi connectivity index (χ0v) is 14.6. The number of carbonyl (C=O) groups excluding carboxylic acids is 1. The minimum atomic E-state index is -3.24. The van der Waals surface area contributed by atoms with Crippen LogP contribution in [0.4, 0.5) is 4.39 Å². The van der Waals surface area contributed by atoms with Gasteiger partial charge in [0.1, 0.15) is 5.82 Å². The summed E-state index contributed by atoms with van der Waals surface area (Å²) in [5.74, 6) is -0.384. The first-order valence-corrected chi connectivity index (χ1v) is 10.2. The Morgan fingerprint density at radius 2 is 1.92 bits per heavy atom. The van der Waals surface area contributed by atoms with Crippen LogP contribution in [0.25, 0.3) is 0 Å². The van der Waals surface area contributed by atoms with Crippen LogP contribution in [0.15, 0.2) is 24.3 Å². The molecule has 2 aliphatic rings. The Hall–Kier alpha value is -1.47. The molecule has 5 nitrogen and oxygen atoms in total. The third-order valence-electron chi connectivity index (χ3n) is 5.23. The Morgan fingerprint density at radius 1 is 1.25 bits per heavy atom. The molecule has 1 saturated heterocycles. The van der Waals surface area contributed by atoms with Gasteiger partial charge in [0.2, 0.25) is 15.9 Å². The summed E-state index contributed by atoms with van der Waals surface area (Å²) in [4.78, 5) is 12.9. The quantitative estimate of drug-likeness (QED) is 0.896. The first kappa shape index (κ1) is 17.4. The number of rotatable bonds is 4. The van der Waals surface area contributed by atoms with Crippen molar-refractivity contribution in [2.75, 3.05) is 19.3 Å². The zero-order chi connectivity index (χ0) is 17.4. The van der Waals surface area contributed by atoms with Crippen LogP contribution in [0.3, 0.4) is 0 Å². The Bertz CT molecular complexity index is 714. The van der Waals surface area contributed by atoms with Crippen LogP contribution in [-0.2, 0) is 20.2 Å². The molecule has 1 heterocycles. The van der Waals surface area contributed by atoms with Crippen molar-refractivity contribution in [1.29, 1.82) is 0 Å². The number of carbonyl (C=O) groups is 1. The van der Waals surface area contributed by atoms with Crippen LogP contribution >= 0.6 is 0 Å². The molecule has 0 unspecified atom stereocenters. The number of nitrogens with one attached hydrogen (secondary N) is 1. The fourth-order valence-electron chi connectivity index (χ4n) is 3.63. The van der Waals surface area contributed by atoms with Crippen LogP contribution in [0.1, 0.15) is 37.7 Å². The van der Waals surface area contributed by atoms with Crippen molar-refractivity contribution in [2.24, 2.45) is 0 Å². The number of benzene rings is 1. The highest BCUT2D eigenvalue weighted by Gasteiger charge is 2.46. The van der Waals surface area contributed by atoms with E-state index in [1.54, 1.807) is 12.1 Å². The first-order chi connectivity index (χ1) is 11.3. The van der Waals surface area contributed by atoms with Crippen molar-refractivity contribution in [2.45, 2.75) is 43.6 Å². The fourth-order valence-corrected chi connectivity index (χ4v) is 4.54. The predicted molar refractivity (Wildman–Crippen MR) is 89.5 cm³/mol. The van der Waals surface area contributed by atoms with Gasteiger partial charge in [-0.1, -0.05) is 18.6 Å². The molecule has 1 amide bonds. The van der Waals surface area contributed by atoms with Gasteiger partial charge in [0.25, 0.3) is 0 Å². The molecule has 1 aromatic carbocycles. The van der Waals surface area contributed by atoms with Crippen LogP contribution in [0, 0.1) is 5.82 Å². The second-order valence-corrected chi connectivity index (χ2v) is 8.86. The normalized spacial score (nSPS) is 24.2. The molecule has 1 aliphatic carbocycles. The van der Waals surface area contributed by atoms with E-state index >= 15 is 0 Å². The molecule has 0 radical (unpaired) electrons. The summed E-state index contributed by atoms with van der Waals surface area (Å²) >= 11 is 0. The van der Waals surface area contributed by atoms with E-state index < -0.39 is 15.4 Å². The smallest absolute Gasteiger partial charge is 0.230 e. The first-order valence-electron chi connectivity index (χ1n) is 8.33. The monoisotopic (exact) mass is 354 g/mol. The number of piperidine rings is 1. The summed E-state index contributed by atoms with van der Waals surface area (Å²) in [6.45, 7) is 0.832. The van der Waals surface area contributed by atoms with Crippen molar-refractivity contribution in [3.8, 4) is 0 Å². The average molecular weight is 354 g/mol. The minimum Gasteiger partial charge on any atom is -0.351 e. The lowest BCUT2D eigenvalue weighted by Gasteiger charge is -2.42. The van der Waals surface area contributed by atoms with Gasteiger partial charge in [0, 0.05) is 19.1 Å². The molecule has 2 fully saturated rings. The lowest BCUT2D eigenvalue weighted by molar-refractivity contribution is -0.131. The van der Waals surface area contributed by atoms with E-state index in [9.17, 15) is 17.6 Å². The van der Waals surface area contributed by atoms with Gasteiger partial charge in [0.15, 0.2) is 0 Å². The summed E-state index contributed by atoms with van der Waals surface area (Å²) in [5, 5.41) is 3.04. The van der Waals surface area contributed by atoms with E-state index in [1.807, 2.05) is 0 Å². The van der Waals surface area contributed by atoms with Gasteiger partial charge in [-0.3, -0.25) is 4.79 Å². The number of hydrogen-bond acceptors (Lipinski definition) is 3. The molecular weight excluding hydrogens is 331 g/mol. The van der Waals surface area contributed by atoms with E-state index in [0.717, 1.165) is 37.7 Å². The largest absolute Gasteiger partial charge is 0.351 e. The standard InChI is InChI=1S/C17H23FN2O3S/c1-24(22,23)20-11-2-4-15(12-20)19-16(21)17(9-3-10-17)13-5-7-14(18)8-6-13/h5-8,15H,2-4,9-12H2,1H3,(H,19,21)/t15-/m0/s1. The van der Waals surface area contributed by atoms with Crippen molar-refractivity contribution >= 4 is 15.9 Å². The molecule has 24 heavy (non-hydrogen) atoms. The number of sulfonamides is 1. The Kier molecular flexibility index (Phi) is 4.66. The number of amides is 1. The van der Waals surface area contributed by atoms with E-state index in [1.165, 1.54) is 22.7 Å². The summed E-state index contributed by atoms with van der Waals surface area (Å²) in [5.41, 5.74) is 0.240. The predicted octanol–water partition coefficient (Wildman–Crippen LogP) is 1.79. The Balaban J connectivity index is 1.72. The van der Waals surface area contributed by atoms with Crippen molar-refractivity contribution in [1.82, 2.24) is 9.62 Å². The summed E-state index contributed by atoms with van der Waals surface area (Å²) in [6, 6.07) is 5.96. The number of halogens is 1. The average Bonchev–Trinajstić information content (AvgIpc) is 2.47. The molecule has 1 N–H and O–H groups in total. The van der Waals surface area contributed by atoms with Crippen molar-refractivity contribution in [3.05, 3.63) is 35.6 Å². The lowest BCUT2D eigenvalue weighted by Crippen LogP contribution is -2.56. The van der Waals surface area contributed by atoms with Gasteiger partial charge in [-0.05, 0) is 43.4 Å². The van der Waals surface area contributed by atoms with Gasteiger partial charge >= 0.3 is 0 Å². The minimum absolute atomic E-state index is 0.0688. The van der Waals surface area contributed by atoms with Gasteiger partial charge < -0.3 is 5.32 Å². The number of nitrogens with zero attached hydrogens (tertiary/aromatic N) is 1. The Morgan fingerprint density at radius 3 is 2.46 bits per heavy atom. The molecule has 132 valence electrons. The molecule has 0 aromatic heterocycles. The zero-order valence-electron chi connectivity index (χ0n) is 13.8. The second-order valence-electron chi connectivity index (χ2n) is 6.88. The fraction of sp³-hybridized carbons (Fsp3) is 0.588. The van der Waals surface area contributed by atoms with Crippen LogP contribution < -0.4 is 5.32 Å². The maximum absolute atomic E-state index is 13.2. The van der Waals surface area contributed by atoms with Crippen LogP contribution in [0.2, 0.25) is 0 Å². The molecule has 1 aromatic rings. The highest BCUT2D eigenvalue weighted by atomic mass is 32.2. The van der Waals surface area contributed by atoms with Crippen LogP contribution in [0.5, 0.6) is 0 Å². The topological polar surface area (TPSA) is 66.5 Å². The lowest BCUT2D eigenvalue weighted by atomic mass is 9.63. The Labute approximate surface area is 142 Å². The summed E-state index contributed by atoms with van der Waals surface area (Å²) in [6.07, 6.45) is 5.16. The van der Waals surface area contributed by atoms with Gasteiger partial charge in [-0.2, -0.15) is 0 Å². The van der Waals surface area contributed by atoms with E-state index in [0.29, 0.717) is 13.1 Å².